The molecule has 1 aromatic carbocycles. The van der Waals surface area contributed by atoms with Crippen LogP contribution in [0.25, 0.3) is 0 Å². The van der Waals surface area contributed by atoms with Crippen LogP contribution in [0, 0.1) is 11.6 Å². The number of nitrogens with one attached hydrogen (secondary N) is 2. The largest absolute Gasteiger partial charge is 0.341 e. The van der Waals surface area contributed by atoms with Gasteiger partial charge in [-0.05, 0) is 12.1 Å². The van der Waals surface area contributed by atoms with Crippen LogP contribution in [-0.2, 0) is 4.79 Å². The molecular weight excluding hydrogens is 362 g/mol. The summed E-state index contributed by atoms with van der Waals surface area (Å²) in [4.78, 5) is 33.8. The number of rotatable bonds is 2. The van der Waals surface area contributed by atoms with E-state index >= 15 is 0 Å². The van der Waals surface area contributed by atoms with Crippen molar-refractivity contribution in [2.75, 3.05) is 34.8 Å². The molecule has 1 amide bonds. The molecule has 2 aliphatic heterocycles. The first-order valence-corrected chi connectivity index (χ1v) is 9.40. The van der Waals surface area contributed by atoms with Gasteiger partial charge in [-0.2, -0.15) is 16.7 Å². The molecule has 9 heteroatoms. The number of nitrogens with zero attached hydrogens (tertiary/aromatic N) is 2. The van der Waals surface area contributed by atoms with E-state index in [1.807, 2.05) is 16.7 Å². The number of benzene rings is 1. The van der Waals surface area contributed by atoms with Gasteiger partial charge in [0.1, 0.15) is 17.5 Å². The fourth-order valence-electron chi connectivity index (χ4n) is 3.37. The third-order valence-corrected chi connectivity index (χ3v) is 5.54. The third kappa shape index (κ3) is 2.96. The Balaban J connectivity index is 1.83. The number of H-pyrrole nitrogens is 1. The molecule has 1 fully saturated rings. The van der Waals surface area contributed by atoms with E-state index in [0.717, 1.165) is 36.7 Å². The lowest BCUT2D eigenvalue weighted by atomic mass is 9.86. The summed E-state index contributed by atoms with van der Waals surface area (Å²) in [7, 11) is 0. The van der Waals surface area contributed by atoms with E-state index in [0.29, 0.717) is 5.95 Å². The number of aromatic amines is 1. The normalized spacial score (nSPS) is 19.8. The summed E-state index contributed by atoms with van der Waals surface area (Å²) in [6, 6.07) is 3.48. The summed E-state index contributed by atoms with van der Waals surface area (Å²) in [6.07, 6.45) is -0.213. The molecule has 4 rings (SSSR count). The van der Waals surface area contributed by atoms with Gasteiger partial charge in [-0.15, -0.1) is 0 Å². The third-order valence-electron chi connectivity index (χ3n) is 4.60. The smallest absolute Gasteiger partial charge is 0.258 e. The van der Waals surface area contributed by atoms with E-state index in [-0.39, 0.29) is 23.4 Å². The molecule has 1 aromatic heterocycles. The number of hydrogen-bond acceptors (Lipinski definition) is 5. The van der Waals surface area contributed by atoms with Gasteiger partial charge in [-0.1, -0.05) is 6.07 Å². The molecule has 1 saturated heterocycles. The van der Waals surface area contributed by atoms with Crippen LogP contribution in [0.2, 0.25) is 0 Å². The summed E-state index contributed by atoms with van der Waals surface area (Å²) in [5.41, 5.74) is -0.683. The van der Waals surface area contributed by atoms with Crippen LogP contribution in [0.5, 0.6) is 0 Å². The van der Waals surface area contributed by atoms with Crippen LogP contribution in [0.4, 0.5) is 20.5 Å². The molecule has 26 heavy (non-hydrogen) atoms. The first-order valence-electron chi connectivity index (χ1n) is 8.25. The lowest BCUT2D eigenvalue weighted by molar-refractivity contribution is -0.116. The van der Waals surface area contributed by atoms with E-state index < -0.39 is 29.0 Å². The Bertz CT molecular complexity index is 907. The Morgan fingerprint density at radius 2 is 1.81 bits per heavy atom. The van der Waals surface area contributed by atoms with Crippen molar-refractivity contribution < 1.29 is 13.6 Å². The molecule has 2 aromatic rings. The molecule has 0 spiro atoms. The summed E-state index contributed by atoms with van der Waals surface area (Å²) in [5, 5.41) is 2.57. The fourth-order valence-corrected chi connectivity index (χ4v) is 4.28. The minimum absolute atomic E-state index is 0.0749. The van der Waals surface area contributed by atoms with Crippen molar-refractivity contribution in [2.45, 2.75) is 12.3 Å². The molecule has 0 bridgehead atoms. The Labute approximate surface area is 152 Å². The van der Waals surface area contributed by atoms with Crippen molar-refractivity contribution in [3.8, 4) is 0 Å². The maximum Gasteiger partial charge on any atom is 0.258 e. The van der Waals surface area contributed by atoms with Crippen molar-refractivity contribution in [2.24, 2.45) is 0 Å². The number of carbonyl (C=O) groups excluding carboxylic acids is 1. The van der Waals surface area contributed by atoms with Gasteiger partial charge < -0.3 is 10.2 Å². The van der Waals surface area contributed by atoms with Gasteiger partial charge in [0, 0.05) is 42.5 Å². The zero-order chi connectivity index (χ0) is 18.3. The first kappa shape index (κ1) is 17.0. The van der Waals surface area contributed by atoms with Gasteiger partial charge in [0.2, 0.25) is 11.9 Å². The Morgan fingerprint density at radius 3 is 2.50 bits per heavy atom. The molecule has 2 N–H and O–H groups in total. The number of aromatic nitrogens is 2. The number of carbonyl (C=O) groups is 1. The fraction of sp³-hybridized carbons (Fsp3) is 0.353. The highest BCUT2D eigenvalue weighted by atomic mass is 32.2. The Morgan fingerprint density at radius 1 is 1.12 bits per heavy atom. The number of hydrogen-bond donors (Lipinski definition) is 2. The average molecular weight is 378 g/mol. The van der Waals surface area contributed by atoms with Gasteiger partial charge in [0.05, 0.1) is 5.56 Å². The average Bonchev–Trinajstić information content (AvgIpc) is 2.61. The predicted molar refractivity (Wildman–Crippen MR) is 95.8 cm³/mol. The molecule has 136 valence electrons. The molecule has 1 unspecified atom stereocenters. The zero-order valence-corrected chi connectivity index (χ0v) is 14.5. The van der Waals surface area contributed by atoms with Crippen LogP contribution in [-0.4, -0.2) is 40.5 Å². The van der Waals surface area contributed by atoms with Crippen molar-refractivity contribution in [3.05, 3.63) is 51.3 Å². The first-order chi connectivity index (χ1) is 12.5. The topological polar surface area (TPSA) is 78.1 Å². The van der Waals surface area contributed by atoms with Crippen molar-refractivity contribution in [1.82, 2.24) is 9.97 Å². The second-order valence-corrected chi connectivity index (χ2v) is 7.42. The maximum atomic E-state index is 14.2. The lowest BCUT2D eigenvalue weighted by Crippen LogP contribution is -2.38. The number of anilines is 2. The molecule has 2 aliphatic rings. The second-order valence-electron chi connectivity index (χ2n) is 6.19. The van der Waals surface area contributed by atoms with E-state index in [1.54, 1.807) is 0 Å². The van der Waals surface area contributed by atoms with Gasteiger partial charge in [-0.3, -0.25) is 14.6 Å². The summed E-state index contributed by atoms with van der Waals surface area (Å²) < 4.78 is 28.5. The van der Waals surface area contributed by atoms with E-state index in [2.05, 4.69) is 15.3 Å². The van der Waals surface area contributed by atoms with Crippen molar-refractivity contribution in [1.29, 1.82) is 0 Å². The Kier molecular flexibility index (Phi) is 4.39. The zero-order valence-electron chi connectivity index (χ0n) is 13.7. The second kappa shape index (κ2) is 6.71. The minimum Gasteiger partial charge on any atom is -0.341 e. The van der Waals surface area contributed by atoms with Crippen LogP contribution in [0.1, 0.15) is 23.5 Å². The van der Waals surface area contributed by atoms with E-state index in [9.17, 15) is 18.4 Å². The number of halogens is 2. The number of fused-ring (bicyclic) bond motifs is 1. The van der Waals surface area contributed by atoms with Gasteiger partial charge in [0.15, 0.2) is 0 Å². The molecule has 0 saturated carbocycles. The SMILES string of the molecule is O=C1CC(c2c(F)cccc2F)c2c(nc(N3CCSCC3)[nH]c2=O)N1. The predicted octanol–water partition coefficient (Wildman–Crippen LogP) is 2.08. The minimum atomic E-state index is -1.01. The van der Waals surface area contributed by atoms with E-state index in [4.69, 9.17) is 0 Å². The summed E-state index contributed by atoms with van der Waals surface area (Å²) in [5.74, 6) is -0.744. The molecule has 6 nitrogen and oxygen atoms in total. The van der Waals surface area contributed by atoms with Gasteiger partial charge in [-0.25, -0.2) is 8.78 Å². The van der Waals surface area contributed by atoms with Crippen molar-refractivity contribution in [3.63, 3.8) is 0 Å². The van der Waals surface area contributed by atoms with Crippen LogP contribution in [0.15, 0.2) is 23.0 Å². The quantitative estimate of drug-likeness (QED) is 0.837. The highest BCUT2D eigenvalue weighted by Crippen LogP contribution is 2.36. The molecule has 1 atom stereocenters. The standard InChI is InChI=1S/C17H16F2N4O2S/c18-10-2-1-3-11(19)13(10)9-8-12(24)20-15-14(9)16(25)22-17(21-15)23-4-6-26-7-5-23/h1-3,9H,4-8H2,(H2,20,21,22,24,25). The summed E-state index contributed by atoms with van der Waals surface area (Å²) >= 11 is 1.81. The molecule has 3 heterocycles. The van der Waals surface area contributed by atoms with Gasteiger partial charge in [0.25, 0.3) is 5.56 Å². The Hall–Kier alpha value is -2.42. The van der Waals surface area contributed by atoms with Gasteiger partial charge >= 0.3 is 0 Å². The lowest BCUT2D eigenvalue weighted by Gasteiger charge is -2.29. The maximum absolute atomic E-state index is 14.2. The highest BCUT2D eigenvalue weighted by Gasteiger charge is 2.34. The molecule has 0 radical (unpaired) electrons. The number of thioether (sulfide) groups is 1. The van der Waals surface area contributed by atoms with E-state index in [1.165, 1.54) is 6.07 Å². The van der Waals surface area contributed by atoms with Crippen LogP contribution < -0.4 is 15.8 Å². The van der Waals surface area contributed by atoms with Crippen LogP contribution >= 0.6 is 11.8 Å². The molecule has 0 aliphatic carbocycles. The molecular formula is C17H16F2N4O2S. The number of amides is 1. The van der Waals surface area contributed by atoms with Crippen LogP contribution in [0.3, 0.4) is 0 Å². The van der Waals surface area contributed by atoms with Crippen molar-refractivity contribution >= 4 is 29.4 Å². The summed E-state index contributed by atoms with van der Waals surface area (Å²) in [6.45, 7) is 1.46. The highest BCUT2D eigenvalue weighted by molar-refractivity contribution is 7.99. The monoisotopic (exact) mass is 378 g/mol.